The molecule has 0 atom stereocenters. The molecule has 5 nitrogen and oxygen atoms in total. The molecule has 0 fully saturated rings. The zero-order valence-corrected chi connectivity index (χ0v) is 18.9. The van der Waals surface area contributed by atoms with E-state index >= 15 is 0 Å². The van der Waals surface area contributed by atoms with Crippen LogP contribution in [0.15, 0.2) is 41.5 Å². The van der Waals surface area contributed by atoms with Crippen LogP contribution < -0.4 is 15.4 Å². The molecule has 27 heavy (non-hydrogen) atoms. The van der Waals surface area contributed by atoms with Gasteiger partial charge in [0.25, 0.3) is 0 Å². The van der Waals surface area contributed by atoms with Gasteiger partial charge in [-0.15, -0.1) is 24.0 Å². The van der Waals surface area contributed by atoms with Crippen LogP contribution in [0.1, 0.15) is 23.6 Å². The number of methoxy groups -OCH3 is 1. The summed E-state index contributed by atoms with van der Waals surface area (Å²) in [6, 6.07) is 8.69. The van der Waals surface area contributed by atoms with E-state index < -0.39 is 0 Å². The van der Waals surface area contributed by atoms with Crippen molar-refractivity contribution in [3.63, 3.8) is 0 Å². The lowest BCUT2D eigenvalue weighted by molar-refractivity contribution is 0.397. The second kappa shape index (κ2) is 12.8. The van der Waals surface area contributed by atoms with Crippen LogP contribution in [0.3, 0.4) is 0 Å². The number of pyridine rings is 1. The minimum absolute atomic E-state index is 0. The number of hydrogen-bond donors (Lipinski definition) is 2. The molecule has 0 radical (unpaired) electrons. The molecule has 0 spiro atoms. The second-order valence-corrected chi connectivity index (χ2v) is 6.47. The number of aromatic nitrogens is 1. The van der Waals surface area contributed by atoms with Gasteiger partial charge in [0.2, 0.25) is 5.88 Å². The number of nitrogens with one attached hydrogen (secondary N) is 2. The Kier molecular flexibility index (Phi) is 11.1. The highest BCUT2D eigenvalue weighted by Crippen LogP contribution is 2.16. The van der Waals surface area contributed by atoms with Crippen molar-refractivity contribution in [2.45, 2.75) is 25.8 Å². The van der Waals surface area contributed by atoms with Crippen LogP contribution in [0.4, 0.5) is 4.39 Å². The van der Waals surface area contributed by atoms with Gasteiger partial charge in [0.1, 0.15) is 5.82 Å². The van der Waals surface area contributed by atoms with Crippen molar-refractivity contribution < 1.29 is 9.13 Å². The molecule has 8 heteroatoms. The van der Waals surface area contributed by atoms with Crippen LogP contribution in [0.5, 0.6) is 5.88 Å². The normalized spacial score (nSPS) is 10.9. The highest BCUT2D eigenvalue weighted by molar-refractivity contribution is 14.0. The molecule has 2 aromatic rings. The van der Waals surface area contributed by atoms with Crippen molar-refractivity contribution in [1.29, 1.82) is 0 Å². The number of hydrogen-bond acceptors (Lipinski definition) is 4. The molecular weight excluding hydrogens is 478 g/mol. The first-order valence-corrected chi connectivity index (χ1v) is 9.83. The first kappa shape index (κ1) is 23.5. The van der Waals surface area contributed by atoms with Crippen molar-refractivity contribution in [2.75, 3.05) is 19.9 Å². The molecular formula is C19H26FIN4OS. The van der Waals surface area contributed by atoms with Crippen LogP contribution in [0.2, 0.25) is 0 Å². The Morgan fingerprint density at radius 3 is 2.74 bits per heavy atom. The molecule has 0 bridgehead atoms. The average Bonchev–Trinajstić information content (AvgIpc) is 2.65. The zero-order valence-electron chi connectivity index (χ0n) is 15.8. The van der Waals surface area contributed by atoms with Gasteiger partial charge in [0.15, 0.2) is 5.96 Å². The largest absolute Gasteiger partial charge is 0.481 e. The summed E-state index contributed by atoms with van der Waals surface area (Å²) in [5.74, 6) is 1.86. The van der Waals surface area contributed by atoms with Crippen LogP contribution in [-0.4, -0.2) is 30.9 Å². The number of halogens is 2. The molecule has 0 saturated heterocycles. The molecule has 0 amide bonds. The van der Waals surface area contributed by atoms with Gasteiger partial charge in [-0.3, -0.25) is 0 Å². The molecule has 0 aliphatic rings. The maximum absolute atomic E-state index is 13.5. The van der Waals surface area contributed by atoms with Crippen molar-refractivity contribution in [3.8, 4) is 5.88 Å². The van der Waals surface area contributed by atoms with E-state index in [-0.39, 0.29) is 29.8 Å². The van der Waals surface area contributed by atoms with Gasteiger partial charge < -0.3 is 15.4 Å². The van der Waals surface area contributed by atoms with Gasteiger partial charge in [-0.2, -0.15) is 11.8 Å². The van der Waals surface area contributed by atoms with E-state index in [0.29, 0.717) is 24.9 Å². The van der Waals surface area contributed by atoms with Crippen molar-refractivity contribution in [2.24, 2.45) is 4.99 Å². The SMILES string of the molecule is CCNC(=NCc1ccnc(OC)c1)NCc1ccc(F)cc1CSC.I. The third kappa shape index (κ3) is 7.92. The first-order valence-electron chi connectivity index (χ1n) is 8.43. The maximum Gasteiger partial charge on any atom is 0.213 e. The lowest BCUT2D eigenvalue weighted by Crippen LogP contribution is -2.37. The van der Waals surface area contributed by atoms with Crippen LogP contribution in [0, 0.1) is 5.82 Å². The zero-order chi connectivity index (χ0) is 18.8. The van der Waals surface area contributed by atoms with E-state index in [0.717, 1.165) is 29.0 Å². The minimum atomic E-state index is -0.204. The monoisotopic (exact) mass is 504 g/mol. The number of benzene rings is 1. The minimum Gasteiger partial charge on any atom is -0.481 e. The Balaban J connectivity index is 0.00000364. The van der Waals surface area contributed by atoms with Gasteiger partial charge in [-0.25, -0.2) is 14.4 Å². The van der Waals surface area contributed by atoms with Gasteiger partial charge in [0.05, 0.1) is 13.7 Å². The quantitative estimate of drug-likeness (QED) is 0.324. The number of ether oxygens (including phenoxy) is 1. The van der Waals surface area contributed by atoms with E-state index in [4.69, 9.17) is 4.74 Å². The van der Waals surface area contributed by atoms with Crippen LogP contribution in [0.25, 0.3) is 0 Å². The Morgan fingerprint density at radius 2 is 2.04 bits per heavy atom. The maximum atomic E-state index is 13.5. The fourth-order valence-electron chi connectivity index (χ4n) is 2.41. The Morgan fingerprint density at radius 1 is 1.22 bits per heavy atom. The van der Waals surface area contributed by atoms with Crippen molar-refractivity contribution in [3.05, 3.63) is 59.0 Å². The van der Waals surface area contributed by atoms with Gasteiger partial charge in [0, 0.05) is 31.1 Å². The summed E-state index contributed by atoms with van der Waals surface area (Å²) in [6.45, 7) is 3.87. The first-order chi connectivity index (χ1) is 12.7. The number of nitrogens with zero attached hydrogens (tertiary/aromatic N) is 2. The van der Waals surface area contributed by atoms with Gasteiger partial charge in [-0.1, -0.05) is 6.07 Å². The number of rotatable bonds is 8. The molecule has 148 valence electrons. The predicted octanol–water partition coefficient (Wildman–Crippen LogP) is 3.97. The summed E-state index contributed by atoms with van der Waals surface area (Å²) in [5, 5.41) is 6.54. The molecule has 0 aliphatic heterocycles. The molecule has 1 heterocycles. The summed E-state index contributed by atoms with van der Waals surface area (Å²) in [5.41, 5.74) is 3.08. The molecule has 2 rings (SSSR count). The molecule has 0 aliphatic carbocycles. The van der Waals surface area contributed by atoms with E-state index in [1.54, 1.807) is 31.1 Å². The lowest BCUT2D eigenvalue weighted by atomic mass is 10.1. The summed E-state index contributed by atoms with van der Waals surface area (Å²) in [6.07, 6.45) is 3.72. The van der Waals surface area contributed by atoms with Crippen molar-refractivity contribution in [1.82, 2.24) is 15.6 Å². The second-order valence-electron chi connectivity index (χ2n) is 5.60. The number of thioether (sulfide) groups is 1. The van der Waals surface area contributed by atoms with E-state index in [2.05, 4.69) is 20.6 Å². The van der Waals surface area contributed by atoms with Gasteiger partial charge >= 0.3 is 0 Å². The van der Waals surface area contributed by atoms with E-state index in [1.165, 1.54) is 6.07 Å². The standard InChI is InChI=1S/C19H25FN4OS.HI/c1-4-21-19(23-11-14-7-8-22-18(9-14)25-2)24-12-15-5-6-17(20)10-16(15)13-26-3;/h5-10H,4,11-13H2,1-3H3,(H2,21,23,24);1H. The highest BCUT2D eigenvalue weighted by Gasteiger charge is 2.06. The lowest BCUT2D eigenvalue weighted by Gasteiger charge is -2.14. The van der Waals surface area contributed by atoms with Crippen LogP contribution in [-0.2, 0) is 18.8 Å². The summed E-state index contributed by atoms with van der Waals surface area (Å²) < 4.78 is 18.6. The van der Waals surface area contributed by atoms with Crippen LogP contribution >= 0.6 is 35.7 Å². The van der Waals surface area contributed by atoms with E-state index in [9.17, 15) is 4.39 Å². The highest BCUT2D eigenvalue weighted by atomic mass is 127. The fraction of sp³-hybridized carbons (Fsp3) is 0.368. The molecule has 1 aromatic heterocycles. The van der Waals surface area contributed by atoms with Gasteiger partial charge in [-0.05, 0) is 48.1 Å². The average molecular weight is 504 g/mol. The number of guanidine groups is 1. The third-order valence-electron chi connectivity index (χ3n) is 3.69. The smallest absolute Gasteiger partial charge is 0.213 e. The summed E-state index contributed by atoms with van der Waals surface area (Å²) in [4.78, 5) is 8.70. The molecule has 0 saturated carbocycles. The third-order valence-corrected chi connectivity index (χ3v) is 4.29. The molecule has 2 N–H and O–H groups in total. The van der Waals surface area contributed by atoms with E-state index in [1.807, 2.05) is 31.4 Å². The molecule has 1 aromatic carbocycles. The molecule has 0 unspecified atom stereocenters. The van der Waals surface area contributed by atoms with Crippen molar-refractivity contribution >= 4 is 41.7 Å². The predicted molar refractivity (Wildman–Crippen MR) is 121 cm³/mol. The number of aliphatic imine (C=N–C) groups is 1. The Hall–Kier alpha value is -1.55. The Labute approximate surface area is 181 Å². The topological polar surface area (TPSA) is 58.5 Å². The summed E-state index contributed by atoms with van der Waals surface area (Å²) in [7, 11) is 1.59. The Bertz CT molecular complexity index is 745. The summed E-state index contributed by atoms with van der Waals surface area (Å²) >= 11 is 1.68. The fourth-order valence-corrected chi connectivity index (χ4v) is 2.99.